The molecule has 12 rings (SSSR count). The molecule has 4 aromatic heterocycles. The molecular formula is C68H48N4P+. The molecule has 0 fully saturated rings. The first-order valence-corrected chi connectivity index (χ1v) is 26.4. The lowest BCUT2D eigenvalue weighted by Gasteiger charge is -2.32. The summed E-state index contributed by atoms with van der Waals surface area (Å²) in [5.74, 6) is 0. The van der Waals surface area contributed by atoms with E-state index in [1.807, 2.05) is 24.8 Å². The second-order valence-electron chi connectivity index (χ2n) is 17.8. The minimum Gasteiger partial charge on any atom is -0.220 e. The van der Waals surface area contributed by atoms with Crippen LogP contribution in [-0.4, -0.2) is 19.9 Å². The molecular weight excluding hydrogens is 904 g/mol. The summed E-state index contributed by atoms with van der Waals surface area (Å²) in [5, 5.41) is 0. The van der Waals surface area contributed by atoms with Crippen LogP contribution in [0.1, 0.15) is 0 Å². The Balaban J connectivity index is 1.41. The van der Waals surface area contributed by atoms with Gasteiger partial charge in [-0.1, -0.05) is 243 Å². The van der Waals surface area contributed by atoms with E-state index < -0.39 is 7.26 Å². The summed E-state index contributed by atoms with van der Waals surface area (Å²) in [7, 11) is -3.75. The molecule has 0 aliphatic rings. The Morgan fingerprint density at radius 3 is 0.521 bits per heavy atom. The lowest BCUT2D eigenvalue weighted by atomic mass is 9.96. The van der Waals surface area contributed by atoms with Crippen molar-refractivity contribution in [2.24, 2.45) is 0 Å². The van der Waals surface area contributed by atoms with Crippen molar-refractivity contribution in [3.63, 3.8) is 0 Å². The zero-order valence-corrected chi connectivity index (χ0v) is 40.8. The molecule has 5 heteroatoms. The smallest absolute Gasteiger partial charge is 0.220 e. The van der Waals surface area contributed by atoms with Crippen LogP contribution >= 0.6 is 7.26 Å². The molecule has 0 atom stereocenters. The number of pyridine rings is 4. The fourth-order valence-electron chi connectivity index (χ4n) is 10.4. The molecule has 0 amide bonds. The highest BCUT2D eigenvalue weighted by Gasteiger charge is 2.60. The quantitative estimate of drug-likeness (QED) is 0.115. The minimum atomic E-state index is -3.75. The topological polar surface area (TPSA) is 51.6 Å². The van der Waals surface area contributed by atoms with Gasteiger partial charge in [0.1, 0.15) is 0 Å². The molecule has 344 valence electrons. The van der Waals surface area contributed by atoms with Gasteiger partial charge in [0.2, 0.25) is 29.0 Å². The van der Waals surface area contributed by atoms with Crippen molar-refractivity contribution in [2.45, 2.75) is 0 Å². The zero-order chi connectivity index (χ0) is 48.8. The van der Waals surface area contributed by atoms with Gasteiger partial charge in [-0.3, -0.25) is 0 Å². The van der Waals surface area contributed by atoms with Gasteiger partial charge in [0.05, 0.1) is 22.3 Å². The van der Waals surface area contributed by atoms with Crippen LogP contribution in [0.15, 0.2) is 292 Å². The summed E-state index contributed by atoms with van der Waals surface area (Å²) in [4.78, 5) is 23.5. The number of hydrogen-bond donors (Lipinski definition) is 0. The number of benzene rings is 8. The molecule has 0 unspecified atom stereocenters. The molecule has 0 aliphatic carbocycles. The van der Waals surface area contributed by atoms with Crippen LogP contribution in [0.25, 0.3) is 89.0 Å². The summed E-state index contributed by atoms with van der Waals surface area (Å²) in [5.41, 5.74) is 19.9. The molecule has 73 heavy (non-hydrogen) atoms. The lowest BCUT2D eigenvalue weighted by molar-refractivity contribution is 1.33. The molecule has 0 saturated carbocycles. The Morgan fingerprint density at radius 1 is 0.178 bits per heavy atom. The molecule has 12 aromatic rings. The summed E-state index contributed by atoms with van der Waals surface area (Å²) in [6, 6.07) is 94.5. The molecule has 4 heterocycles. The third-order valence-electron chi connectivity index (χ3n) is 13.6. The number of hydrogen-bond acceptors (Lipinski definition) is 4. The molecule has 4 nitrogen and oxygen atoms in total. The average molecular weight is 952 g/mol. The molecule has 0 bridgehead atoms. The predicted octanol–water partition coefficient (Wildman–Crippen LogP) is 15.2. The highest BCUT2D eigenvalue weighted by atomic mass is 31.2. The summed E-state index contributed by atoms with van der Waals surface area (Å²) < 4.78 is 0. The maximum atomic E-state index is 5.88. The predicted molar refractivity (Wildman–Crippen MR) is 306 cm³/mol. The molecule has 0 aliphatic heterocycles. The van der Waals surface area contributed by atoms with Crippen molar-refractivity contribution in [1.82, 2.24) is 19.9 Å². The maximum Gasteiger partial charge on any atom is 0.225 e. The van der Waals surface area contributed by atoms with Crippen molar-refractivity contribution in [3.05, 3.63) is 292 Å². The molecule has 0 radical (unpaired) electrons. The third kappa shape index (κ3) is 8.34. The van der Waals surface area contributed by atoms with Gasteiger partial charge in [0, 0.05) is 24.8 Å². The van der Waals surface area contributed by atoms with Crippen LogP contribution in [0.5, 0.6) is 0 Å². The van der Waals surface area contributed by atoms with E-state index in [-0.39, 0.29) is 0 Å². The highest BCUT2D eigenvalue weighted by Crippen LogP contribution is 2.61. The monoisotopic (exact) mass is 951 g/mol. The van der Waals surface area contributed by atoms with Gasteiger partial charge in [-0.2, -0.15) is 0 Å². The molecule has 0 saturated heterocycles. The normalized spacial score (nSPS) is 11.3. The second-order valence-corrected chi connectivity index (χ2v) is 20.9. The third-order valence-corrected chi connectivity index (χ3v) is 17.5. The van der Waals surface area contributed by atoms with Crippen LogP contribution in [0.2, 0.25) is 0 Å². The van der Waals surface area contributed by atoms with Gasteiger partial charge >= 0.3 is 0 Å². The Labute approximate surface area is 427 Å². The van der Waals surface area contributed by atoms with E-state index >= 15 is 0 Å². The maximum absolute atomic E-state index is 5.88. The van der Waals surface area contributed by atoms with Gasteiger partial charge in [0.15, 0.2) is 0 Å². The Morgan fingerprint density at radius 2 is 0.342 bits per heavy atom. The Kier molecular flexibility index (Phi) is 12.5. The van der Waals surface area contributed by atoms with E-state index in [4.69, 9.17) is 19.9 Å². The average Bonchev–Trinajstić information content (AvgIpc) is 3.49. The summed E-state index contributed by atoms with van der Waals surface area (Å²) >= 11 is 0. The fraction of sp³-hybridized carbons (Fsp3) is 0. The first kappa shape index (κ1) is 45.0. The van der Waals surface area contributed by atoms with Crippen LogP contribution in [0.4, 0.5) is 0 Å². The van der Waals surface area contributed by atoms with Gasteiger partial charge < -0.3 is 0 Å². The van der Waals surface area contributed by atoms with E-state index in [2.05, 4.69) is 267 Å². The zero-order valence-electron chi connectivity index (χ0n) is 39.9. The van der Waals surface area contributed by atoms with E-state index in [0.29, 0.717) is 0 Å². The minimum absolute atomic E-state index is 0.847. The molecule has 0 N–H and O–H groups in total. The van der Waals surface area contributed by atoms with Crippen molar-refractivity contribution in [1.29, 1.82) is 0 Å². The summed E-state index contributed by atoms with van der Waals surface area (Å²) in [6.45, 7) is 0. The van der Waals surface area contributed by atoms with Crippen LogP contribution < -0.4 is 21.7 Å². The van der Waals surface area contributed by atoms with Gasteiger partial charge in [-0.15, -0.1) is 0 Å². The van der Waals surface area contributed by atoms with E-state index in [0.717, 1.165) is 111 Å². The molecule has 0 spiro atoms. The standard InChI is InChI=1S/C68H48N4P/c1-9-25-49(26-10-1)57-41-45-69-65(61(57)53-33-17-5-18-34-53)73(66-62(54-35-19-6-20-36-54)58(42-46-70-66)50-27-11-2-12-28-50,67-63(55-37-21-7-22-38-55)59(43-47-71-67)51-29-13-3-14-30-51)68-64(56-39-23-8-24-40-56)60(44-48-72-68)52-31-15-4-16-32-52/h1-48H/q+1. The van der Waals surface area contributed by atoms with Crippen molar-refractivity contribution in [3.8, 4) is 89.0 Å². The number of nitrogens with zero attached hydrogens (tertiary/aromatic N) is 4. The van der Waals surface area contributed by atoms with Crippen LogP contribution in [0, 0.1) is 0 Å². The van der Waals surface area contributed by atoms with E-state index in [9.17, 15) is 0 Å². The number of aromatic nitrogens is 4. The fourth-order valence-corrected chi connectivity index (χ4v) is 14.9. The largest absolute Gasteiger partial charge is 0.225 e. The van der Waals surface area contributed by atoms with Crippen LogP contribution in [-0.2, 0) is 0 Å². The molecule has 8 aromatic carbocycles. The Hall–Kier alpha value is -9.21. The second kappa shape index (κ2) is 20.3. The number of rotatable bonds is 12. The van der Waals surface area contributed by atoms with Gasteiger partial charge in [0.25, 0.3) is 0 Å². The summed E-state index contributed by atoms with van der Waals surface area (Å²) in [6.07, 6.45) is 7.98. The van der Waals surface area contributed by atoms with E-state index in [1.165, 1.54) is 0 Å². The van der Waals surface area contributed by atoms with Crippen LogP contribution in [0.3, 0.4) is 0 Å². The van der Waals surface area contributed by atoms with Gasteiger partial charge in [-0.05, 0) is 91.0 Å². The SMILES string of the molecule is c1ccc(-c2ccnc([P+](c3nccc(-c4ccccc4)c3-c3ccccc3)(c3nccc(-c4ccccc4)c3-c3ccccc3)c3nccc(-c4ccccc4)c3-c3ccccc3)c2-c2ccccc2)cc1. The van der Waals surface area contributed by atoms with Crippen molar-refractivity contribution < 1.29 is 0 Å². The van der Waals surface area contributed by atoms with Gasteiger partial charge in [-0.25, -0.2) is 19.9 Å². The first-order chi connectivity index (χ1) is 36.3. The van der Waals surface area contributed by atoms with E-state index in [1.54, 1.807) is 0 Å². The lowest BCUT2D eigenvalue weighted by Crippen LogP contribution is -2.46. The Bertz CT molecular complexity index is 3290. The highest BCUT2D eigenvalue weighted by molar-refractivity contribution is 8.01. The van der Waals surface area contributed by atoms with Crippen molar-refractivity contribution in [2.75, 3.05) is 0 Å². The van der Waals surface area contributed by atoms with Crippen molar-refractivity contribution >= 4 is 29.0 Å². The first-order valence-electron chi connectivity index (χ1n) is 24.6.